The molecule has 132 valence electrons. The number of carbonyl (C=O) groups excluding carboxylic acids is 1. The average Bonchev–Trinajstić information content (AvgIpc) is 2.91. The summed E-state index contributed by atoms with van der Waals surface area (Å²) in [5.74, 6) is -0.622. The Balaban J connectivity index is 1.81. The van der Waals surface area contributed by atoms with E-state index in [4.69, 9.17) is 14.2 Å². The van der Waals surface area contributed by atoms with Gasteiger partial charge < -0.3 is 14.2 Å². The number of benzene rings is 1. The molecule has 0 amide bonds. The molecule has 0 spiro atoms. The molecule has 2 unspecified atom stereocenters. The molecule has 5 heteroatoms. The van der Waals surface area contributed by atoms with Crippen molar-refractivity contribution in [2.45, 2.75) is 68.4 Å². The van der Waals surface area contributed by atoms with Crippen molar-refractivity contribution in [2.24, 2.45) is 5.92 Å². The molecule has 0 aromatic heterocycles. The van der Waals surface area contributed by atoms with E-state index in [-0.39, 0.29) is 28.7 Å². The van der Waals surface area contributed by atoms with Crippen LogP contribution in [0, 0.1) is 5.92 Å². The second-order valence-electron chi connectivity index (χ2n) is 7.86. The van der Waals surface area contributed by atoms with E-state index in [2.05, 4.69) is 0 Å². The van der Waals surface area contributed by atoms with Gasteiger partial charge in [-0.2, -0.15) is 0 Å². The van der Waals surface area contributed by atoms with E-state index in [9.17, 15) is 4.79 Å². The second kappa shape index (κ2) is 6.45. The third-order valence-corrected chi connectivity index (χ3v) is 5.60. The fourth-order valence-electron chi connectivity index (χ4n) is 3.19. The first kappa shape index (κ1) is 17.9. The lowest BCUT2D eigenvalue weighted by Gasteiger charge is -2.28. The summed E-state index contributed by atoms with van der Waals surface area (Å²) in [5.41, 5.74) is -0.252. The third kappa shape index (κ3) is 3.85. The minimum atomic E-state index is -0.715. The maximum Gasteiger partial charge on any atom is 0.178 e. The highest BCUT2D eigenvalue weighted by Gasteiger charge is 2.59. The van der Waals surface area contributed by atoms with E-state index in [1.54, 1.807) is 11.8 Å². The van der Waals surface area contributed by atoms with Crippen LogP contribution in [0.5, 0.6) is 0 Å². The predicted molar refractivity (Wildman–Crippen MR) is 94.1 cm³/mol. The van der Waals surface area contributed by atoms with Gasteiger partial charge in [0.1, 0.15) is 12.2 Å². The van der Waals surface area contributed by atoms with Crippen LogP contribution in [0.2, 0.25) is 0 Å². The highest BCUT2D eigenvalue weighted by atomic mass is 32.2. The first-order valence-corrected chi connectivity index (χ1v) is 9.29. The van der Waals surface area contributed by atoms with Gasteiger partial charge in [0, 0.05) is 10.8 Å². The van der Waals surface area contributed by atoms with Crippen molar-refractivity contribution < 1.29 is 19.0 Å². The fraction of sp³-hybridized carbons (Fsp3) is 0.632. The van der Waals surface area contributed by atoms with Crippen LogP contribution in [-0.2, 0) is 19.0 Å². The van der Waals surface area contributed by atoms with E-state index >= 15 is 0 Å². The van der Waals surface area contributed by atoms with Crippen LogP contribution in [0.3, 0.4) is 0 Å². The number of fused-ring (bicyclic) bond motifs is 1. The number of ketones is 1. The van der Waals surface area contributed by atoms with Gasteiger partial charge in [-0.1, -0.05) is 18.2 Å². The highest BCUT2D eigenvalue weighted by Crippen LogP contribution is 2.46. The predicted octanol–water partition coefficient (Wildman–Crippen LogP) is 3.68. The van der Waals surface area contributed by atoms with Crippen LogP contribution >= 0.6 is 11.8 Å². The van der Waals surface area contributed by atoms with Gasteiger partial charge in [-0.3, -0.25) is 4.79 Å². The van der Waals surface area contributed by atoms with Crippen LogP contribution in [0.4, 0.5) is 0 Å². The highest BCUT2D eigenvalue weighted by molar-refractivity contribution is 8.00. The van der Waals surface area contributed by atoms with E-state index in [0.29, 0.717) is 6.61 Å². The van der Waals surface area contributed by atoms with Gasteiger partial charge in [-0.15, -0.1) is 11.8 Å². The molecule has 2 fully saturated rings. The van der Waals surface area contributed by atoms with Crippen molar-refractivity contribution >= 4 is 17.5 Å². The molecule has 24 heavy (non-hydrogen) atoms. The van der Waals surface area contributed by atoms with Crippen LogP contribution in [-0.4, -0.2) is 41.2 Å². The van der Waals surface area contributed by atoms with Crippen LogP contribution in [0.15, 0.2) is 35.2 Å². The van der Waals surface area contributed by atoms with Crippen molar-refractivity contribution in [3.05, 3.63) is 30.3 Å². The summed E-state index contributed by atoms with van der Waals surface area (Å²) in [7, 11) is 0. The summed E-state index contributed by atoms with van der Waals surface area (Å²) in [6.07, 6.45) is -0.731. The first-order valence-electron chi connectivity index (χ1n) is 8.41. The van der Waals surface area contributed by atoms with Gasteiger partial charge in [0.25, 0.3) is 0 Å². The number of rotatable bonds is 4. The van der Waals surface area contributed by atoms with Gasteiger partial charge in [-0.25, -0.2) is 0 Å². The number of carbonyl (C=O) groups is 1. The normalized spacial score (nSPS) is 32.1. The molecule has 3 rings (SSSR count). The van der Waals surface area contributed by atoms with Gasteiger partial charge in [0.05, 0.1) is 17.5 Å². The Labute approximate surface area is 148 Å². The molecular formula is C19H26O4S. The van der Waals surface area contributed by atoms with Gasteiger partial charge in [0.2, 0.25) is 0 Å². The molecule has 1 saturated heterocycles. The molecule has 0 bridgehead atoms. The monoisotopic (exact) mass is 350 g/mol. The summed E-state index contributed by atoms with van der Waals surface area (Å²) in [4.78, 5) is 14.0. The molecule has 2 aliphatic rings. The minimum Gasteiger partial charge on any atom is -0.375 e. The number of thioether (sulfide) groups is 1. The van der Waals surface area contributed by atoms with E-state index < -0.39 is 11.9 Å². The van der Waals surface area contributed by atoms with E-state index in [1.807, 2.05) is 65.0 Å². The first-order chi connectivity index (χ1) is 11.2. The van der Waals surface area contributed by atoms with Gasteiger partial charge in [0.15, 0.2) is 11.6 Å². The molecule has 0 N–H and O–H groups in total. The van der Waals surface area contributed by atoms with Crippen molar-refractivity contribution in [3.63, 3.8) is 0 Å². The van der Waals surface area contributed by atoms with Crippen molar-refractivity contribution in [1.29, 1.82) is 0 Å². The molecular weight excluding hydrogens is 324 g/mol. The Morgan fingerprint density at radius 2 is 1.83 bits per heavy atom. The van der Waals surface area contributed by atoms with Crippen LogP contribution < -0.4 is 0 Å². The lowest BCUT2D eigenvalue weighted by Crippen LogP contribution is -2.35. The standard InChI is InChI=1S/C19H26O4S/c1-18(2,3)21-11-13-15-16(23-19(4,5)22-15)14(20)17(13)24-12-9-7-6-8-10-12/h6-10,13,15-17H,11H2,1-5H3/t13?,15-,16+,17?/m0/s1. The smallest absolute Gasteiger partial charge is 0.178 e. The molecule has 0 radical (unpaired) electrons. The second-order valence-corrected chi connectivity index (χ2v) is 9.08. The lowest BCUT2D eigenvalue weighted by molar-refractivity contribution is -0.165. The molecule has 4 atom stereocenters. The number of Topliss-reactive ketones (excluding diaryl/α,β-unsaturated/α-hetero) is 1. The Morgan fingerprint density at radius 1 is 1.17 bits per heavy atom. The van der Waals surface area contributed by atoms with Gasteiger partial charge in [-0.05, 0) is 46.8 Å². The lowest BCUT2D eigenvalue weighted by atomic mass is 10.1. The number of hydrogen-bond acceptors (Lipinski definition) is 5. The zero-order chi connectivity index (χ0) is 17.5. The van der Waals surface area contributed by atoms with Crippen LogP contribution in [0.1, 0.15) is 34.6 Å². The molecule has 1 heterocycles. The average molecular weight is 350 g/mol. The summed E-state index contributed by atoms with van der Waals surface area (Å²) >= 11 is 1.59. The third-order valence-electron chi connectivity index (χ3n) is 4.22. The molecule has 1 aliphatic heterocycles. The summed E-state index contributed by atoms with van der Waals surface area (Å²) in [6, 6.07) is 10.0. The van der Waals surface area contributed by atoms with Crippen molar-refractivity contribution in [3.8, 4) is 0 Å². The summed E-state index contributed by atoms with van der Waals surface area (Å²) < 4.78 is 17.9. The Morgan fingerprint density at radius 3 is 2.46 bits per heavy atom. The quantitative estimate of drug-likeness (QED) is 0.829. The summed E-state index contributed by atoms with van der Waals surface area (Å²) in [5, 5.41) is -0.208. The van der Waals surface area contributed by atoms with E-state index in [1.165, 1.54) is 0 Å². The maximum absolute atomic E-state index is 12.9. The molecule has 1 aromatic carbocycles. The topological polar surface area (TPSA) is 44.8 Å². The Hall–Kier alpha value is -0.880. The molecule has 1 aliphatic carbocycles. The zero-order valence-corrected chi connectivity index (χ0v) is 15.8. The van der Waals surface area contributed by atoms with Gasteiger partial charge >= 0.3 is 0 Å². The van der Waals surface area contributed by atoms with Crippen molar-refractivity contribution in [1.82, 2.24) is 0 Å². The molecule has 4 nitrogen and oxygen atoms in total. The Bertz CT molecular complexity index is 593. The van der Waals surface area contributed by atoms with Crippen molar-refractivity contribution in [2.75, 3.05) is 6.61 Å². The minimum absolute atomic E-state index is 0.0197. The SMILES string of the molecule is CC(C)(C)OCC1C(Sc2ccccc2)C(=O)[C@H]2OC(C)(C)O[C@@H]12. The number of ether oxygens (including phenoxy) is 3. The largest absolute Gasteiger partial charge is 0.375 e. The van der Waals surface area contributed by atoms with E-state index in [0.717, 1.165) is 4.90 Å². The maximum atomic E-state index is 12.9. The molecule has 1 saturated carbocycles. The van der Waals surface area contributed by atoms with Crippen LogP contribution in [0.25, 0.3) is 0 Å². The fourth-order valence-corrected chi connectivity index (χ4v) is 4.45. The molecule has 1 aromatic rings. The summed E-state index contributed by atoms with van der Waals surface area (Å²) in [6.45, 7) is 10.3. The zero-order valence-electron chi connectivity index (χ0n) is 14.9. The number of hydrogen-bond donors (Lipinski definition) is 0. The Kier molecular flexibility index (Phi) is 4.82.